The topological polar surface area (TPSA) is 74.9 Å². The van der Waals surface area contributed by atoms with E-state index in [0.29, 0.717) is 6.54 Å². The molecule has 1 aromatic heterocycles. The normalized spacial score (nSPS) is 12.9. The summed E-state index contributed by atoms with van der Waals surface area (Å²) < 4.78 is 30.9. The average molecular weight is 352 g/mol. The molecular formula is C12H21N3O3S3. The van der Waals surface area contributed by atoms with Gasteiger partial charge < -0.3 is 14.6 Å². The molecular weight excluding hydrogens is 330 g/mol. The van der Waals surface area contributed by atoms with Crippen LogP contribution in [-0.4, -0.2) is 51.1 Å². The molecule has 0 bridgehead atoms. The molecule has 0 aliphatic heterocycles. The molecule has 1 aromatic rings. The molecule has 1 heterocycles. The smallest absolute Gasteiger partial charge is 0.252 e. The quantitative estimate of drug-likeness (QED) is 0.319. The highest BCUT2D eigenvalue weighted by molar-refractivity contribution is 7.99. The second-order valence-electron chi connectivity index (χ2n) is 4.73. The summed E-state index contributed by atoms with van der Waals surface area (Å²) in [5.41, 5.74) is 0. The van der Waals surface area contributed by atoms with Gasteiger partial charge in [-0.05, 0) is 26.2 Å². The van der Waals surface area contributed by atoms with Crippen LogP contribution in [-0.2, 0) is 22.3 Å². The highest BCUT2D eigenvalue weighted by Gasteiger charge is 2.04. The van der Waals surface area contributed by atoms with Gasteiger partial charge in [0.15, 0.2) is 5.17 Å². The standard InChI is InChI=1S/C12H21N3O3S3/c1-15(2)8-10-4-5-11(18-10)9-20-7-6-13-12(19)14-21(3,16)17/h4-5H,6-9H2,1-3H3,(H2,13,14,19). The molecule has 0 aliphatic rings. The second kappa shape index (κ2) is 8.72. The number of thiol groups is 1. The Morgan fingerprint density at radius 1 is 1.43 bits per heavy atom. The van der Waals surface area contributed by atoms with E-state index in [1.54, 1.807) is 11.8 Å². The molecule has 1 N–H and O–H groups in total. The Labute approximate surface area is 135 Å². The molecule has 6 nitrogen and oxygen atoms in total. The zero-order chi connectivity index (χ0) is 15.9. The van der Waals surface area contributed by atoms with Crippen LogP contribution in [0.2, 0.25) is 0 Å². The Balaban J connectivity index is 2.23. The minimum absolute atomic E-state index is 0.115. The number of nitrogens with one attached hydrogen (secondary N) is 1. The van der Waals surface area contributed by atoms with Crippen molar-refractivity contribution in [3.8, 4) is 0 Å². The summed E-state index contributed by atoms with van der Waals surface area (Å²) in [6.45, 7) is 1.38. The lowest BCUT2D eigenvalue weighted by Gasteiger charge is -2.06. The number of rotatable bonds is 8. The van der Waals surface area contributed by atoms with Crippen LogP contribution < -0.4 is 5.32 Å². The number of hydrogen-bond acceptors (Lipinski definition) is 5. The van der Waals surface area contributed by atoms with E-state index in [9.17, 15) is 8.42 Å². The predicted octanol–water partition coefficient (Wildman–Crippen LogP) is 1.41. The molecule has 9 heteroatoms. The van der Waals surface area contributed by atoms with Gasteiger partial charge in [-0.25, -0.2) is 8.42 Å². The Bertz CT molecular complexity index is 567. The third kappa shape index (κ3) is 9.07. The van der Waals surface area contributed by atoms with Crippen LogP contribution in [0.4, 0.5) is 0 Å². The third-order valence-electron chi connectivity index (χ3n) is 2.22. The number of amidine groups is 1. The van der Waals surface area contributed by atoms with Crippen LogP contribution in [0.5, 0.6) is 0 Å². The Morgan fingerprint density at radius 2 is 2.10 bits per heavy atom. The van der Waals surface area contributed by atoms with Gasteiger partial charge in [-0.3, -0.25) is 0 Å². The van der Waals surface area contributed by atoms with Crippen molar-refractivity contribution in [2.24, 2.45) is 4.40 Å². The third-order valence-corrected chi connectivity index (χ3v) is 4.10. The zero-order valence-corrected chi connectivity index (χ0v) is 14.9. The fourth-order valence-corrected chi connectivity index (χ4v) is 3.18. The number of furan rings is 1. The van der Waals surface area contributed by atoms with Crippen molar-refractivity contribution in [3.05, 3.63) is 23.7 Å². The van der Waals surface area contributed by atoms with Crippen LogP contribution in [0, 0.1) is 0 Å². The van der Waals surface area contributed by atoms with E-state index in [1.165, 1.54) is 0 Å². The summed E-state index contributed by atoms with van der Waals surface area (Å²) in [6, 6.07) is 3.97. The predicted molar refractivity (Wildman–Crippen MR) is 91.5 cm³/mol. The van der Waals surface area contributed by atoms with E-state index in [0.717, 1.165) is 35.8 Å². The van der Waals surface area contributed by atoms with Crippen molar-refractivity contribution in [3.63, 3.8) is 0 Å². The molecule has 0 radical (unpaired) electrons. The molecule has 0 amide bonds. The molecule has 120 valence electrons. The maximum atomic E-state index is 10.9. The first-order chi connectivity index (χ1) is 9.76. The largest absolute Gasteiger partial charge is 0.464 e. The van der Waals surface area contributed by atoms with E-state index in [1.807, 2.05) is 26.2 Å². The molecule has 0 aromatic carbocycles. The van der Waals surface area contributed by atoms with Crippen LogP contribution in [0.25, 0.3) is 0 Å². The van der Waals surface area contributed by atoms with Gasteiger partial charge in [0.1, 0.15) is 11.5 Å². The van der Waals surface area contributed by atoms with Crippen molar-refractivity contribution < 1.29 is 12.8 Å². The van der Waals surface area contributed by atoms with Gasteiger partial charge in [-0.2, -0.15) is 11.8 Å². The van der Waals surface area contributed by atoms with Crippen LogP contribution in [0.15, 0.2) is 20.9 Å². The van der Waals surface area contributed by atoms with E-state index in [2.05, 4.69) is 27.2 Å². The van der Waals surface area contributed by atoms with Gasteiger partial charge in [0, 0.05) is 12.3 Å². The maximum absolute atomic E-state index is 10.9. The highest BCUT2D eigenvalue weighted by atomic mass is 32.2. The van der Waals surface area contributed by atoms with Gasteiger partial charge in [0.25, 0.3) is 10.0 Å². The lowest BCUT2D eigenvalue weighted by molar-refractivity contribution is 0.344. The molecule has 1 rings (SSSR count). The lowest BCUT2D eigenvalue weighted by Crippen LogP contribution is -2.22. The average Bonchev–Trinajstić information content (AvgIpc) is 2.73. The second-order valence-corrected chi connectivity index (χ2v) is 7.91. The van der Waals surface area contributed by atoms with Gasteiger partial charge in [-0.15, -0.1) is 17.0 Å². The Kier molecular flexibility index (Phi) is 7.64. The first-order valence-corrected chi connectivity index (χ1v) is 9.74. The maximum Gasteiger partial charge on any atom is 0.252 e. The molecule has 0 saturated carbocycles. The molecule has 0 atom stereocenters. The minimum Gasteiger partial charge on any atom is -0.464 e. The summed E-state index contributed by atoms with van der Waals surface area (Å²) in [4.78, 5) is 2.05. The molecule has 0 fully saturated rings. The number of sulfonamides is 1. The summed E-state index contributed by atoms with van der Waals surface area (Å²) in [5.74, 6) is 3.47. The number of nitrogens with zero attached hydrogens (tertiary/aromatic N) is 2. The summed E-state index contributed by atoms with van der Waals surface area (Å²) in [7, 11) is 0.598. The van der Waals surface area contributed by atoms with Crippen LogP contribution in [0.1, 0.15) is 11.5 Å². The van der Waals surface area contributed by atoms with Crippen LogP contribution in [0.3, 0.4) is 0 Å². The van der Waals surface area contributed by atoms with Gasteiger partial charge in [0.2, 0.25) is 0 Å². The molecule has 0 unspecified atom stereocenters. The molecule has 0 spiro atoms. The fourth-order valence-electron chi connectivity index (χ4n) is 1.49. The van der Waals surface area contributed by atoms with E-state index < -0.39 is 10.0 Å². The molecule has 21 heavy (non-hydrogen) atoms. The lowest BCUT2D eigenvalue weighted by atomic mass is 10.4. The summed E-state index contributed by atoms with van der Waals surface area (Å²) in [6.07, 6.45) is 1.03. The summed E-state index contributed by atoms with van der Waals surface area (Å²) >= 11 is 5.65. The fraction of sp³-hybridized carbons (Fsp3) is 0.583. The number of hydrogen-bond donors (Lipinski definition) is 2. The Hall–Kier alpha value is -0.640. The van der Waals surface area contributed by atoms with Crippen LogP contribution >= 0.6 is 24.4 Å². The van der Waals surface area contributed by atoms with Crippen molar-refractivity contribution in [1.29, 1.82) is 0 Å². The van der Waals surface area contributed by atoms with E-state index in [4.69, 9.17) is 4.42 Å². The van der Waals surface area contributed by atoms with Gasteiger partial charge in [-0.1, -0.05) is 0 Å². The molecule has 0 aliphatic carbocycles. The monoisotopic (exact) mass is 351 g/mol. The zero-order valence-electron chi connectivity index (χ0n) is 12.4. The first kappa shape index (κ1) is 18.4. The summed E-state index contributed by atoms with van der Waals surface area (Å²) in [5, 5.41) is 2.95. The minimum atomic E-state index is -3.39. The van der Waals surface area contributed by atoms with E-state index in [-0.39, 0.29) is 5.17 Å². The van der Waals surface area contributed by atoms with Gasteiger partial charge >= 0.3 is 0 Å². The van der Waals surface area contributed by atoms with Gasteiger partial charge in [0.05, 0.1) is 18.6 Å². The van der Waals surface area contributed by atoms with Crippen molar-refractivity contribution in [2.75, 3.05) is 32.6 Å². The SMILES string of the molecule is CN(C)Cc1ccc(CSCCN/C(S)=N/S(C)(=O)=O)o1. The van der Waals surface area contributed by atoms with Crippen molar-refractivity contribution >= 4 is 39.6 Å². The highest BCUT2D eigenvalue weighted by Crippen LogP contribution is 2.15. The molecule has 0 saturated heterocycles. The Morgan fingerprint density at radius 3 is 2.71 bits per heavy atom. The van der Waals surface area contributed by atoms with Crippen molar-refractivity contribution in [2.45, 2.75) is 12.3 Å². The first-order valence-electron chi connectivity index (χ1n) is 6.29. The van der Waals surface area contributed by atoms with E-state index >= 15 is 0 Å². The van der Waals surface area contributed by atoms with Crippen molar-refractivity contribution in [1.82, 2.24) is 10.2 Å². The number of thioether (sulfide) groups is 1.